The number of aromatic nitrogens is 1. The molecule has 0 amide bonds. The largest absolute Gasteiger partial charge is 0.417 e. The van der Waals surface area contributed by atoms with Crippen LogP contribution in [-0.2, 0) is 6.18 Å². The predicted molar refractivity (Wildman–Crippen MR) is 50.0 cm³/mol. The lowest BCUT2D eigenvalue weighted by Gasteiger charge is -2.04. The van der Waals surface area contributed by atoms with Crippen LogP contribution in [-0.4, -0.2) is 18.6 Å². The van der Waals surface area contributed by atoms with Gasteiger partial charge in [0.2, 0.25) is 0 Å². The van der Waals surface area contributed by atoms with E-state index in [4.69, 9.17) is 0 Å². The summed E-state index contributed by atoms with van der Waals surface area (Å²) in [6.07, 6.45) is -3.56. The molecule has 0 bridgehead atoms. The molecular formula is C10H9F3N2. The molecule has 0 radical (unpaired) electrons. The third-order valence-corrected chi connectivity index (χ3v) is 1.57. The molecule has 1 aromatic heterocycles. The van der Waals surface area contributed by atoms with Crippen LogP contribution >= 0.6 is 0 Å². The van der Waals surface area contributed by atoms with Crippen LogP contribution in [0.25, 0.3) is 0 Å². The molecule has 5 heteroatoms. The zero-order valence-corrected chi connectivity index (χ0v) is 8.02. The van der Waals surface area contributed by atoms with E-state index in [1.807, 2.05) is 0 Å². The van der Waals surface area contributed by atoms with Gasteiger partial charge in [0.05, 0.1) is 12.1 Å². The van der Waals surface area contributed by atoms with Crippen molar-refractivity contribution in [3.05, 3.63) is 29.6 Å². The van der Waals surface area contributed by atoms with E-state index >= 15 is 0 Å². The van der Waals surface area contributed by atoms with Crippen molar-refractivity contribution in [3.63, 3.8) is 0 Å². The van der Waals surface area contributed by atoms with Crippen LogP contribution in [0.5, 0.6) is 0 Å². The van der Waals surface area contributed by atoms with E-state index in [-0.39, 0.29) is 0 Å². The number of pyridine rings is 1. The highest BCUT2D eigenvalue weighted by Gasteiger charge is 2.30. The van der Waals surface area contributed by atoms with Gasteiger partial charge in [0.1, 0.15) is 5.69 Å². The fourth-order valence-corrected chi connectivity index (χ4v) is 0.859. The summed E-state index contributed by atoms with van der Waals surface area (Å²) in [6.45, 7) is 0.475. The Morgan fingerprint density at radius 3 is 2.60 bits per heavy atom. The second kappa shape index (κ2) is 4.80. The van der Waals surface area contributed by atoms with E-state index in [1.165, 1.54) is 6.07 Å². The lowest BCUT2D eigenvalue weighted by molar-refractivity contribution is -0.137. The average molecular weight is 214 g/mol. The summed E-state index contributed by atoms with van der Waals surface area (Å²) in [7, 11) is 1.73. The van der Waals surface area contributed by atoms with E-state index in [0.29, 0.717) is 12.2 Å². The zero-order chi connectivity index (χ0) is 11.3. The SMILES string of the molecule is CNCC#Cc1ccc(C(F)(F)F)cn1. The molecule has 0 atom stereocenters. The molecule has 0 aliphatic heterocycles. The van der Waals surface area contributed by atoms with Gasteiger partial charge >= 0.3 is 6.18 Å². The van der Waals surface area contributed by atoms with Crippen molar-refractivity contribution in [3.8, 4) is 11.8 Å². The van der Waals surface area contributed by atoms with E-state index in [2.05, 4.69) is 22.1 Å². The molecule has 0 saturated carbocycles. The number of hydrogen-bond acceptors (Lipinski definition) is 2. The first kappa shape index (κ1) is 11.5. The number of alkyl halides is 3. The van der Waals surface area contributed by atoms with Gasteiger partial charge in [-0.2, -0.15) is 13.2 Å². The summed E-state index contributed by atoms with van der Waals surface area (Å²) in [4.78, 5) is 3.60. The van der Waals surface area contributed by atoms with Gasteiger partial charge in [-0.05, 0) is 25.1 Å². The monoisotopic (exact) mass is 214 g/mol. The first-order chi connectivity index (χ1) is 7.04. The van der Waals surface area contributed by atoms with Gasteiger partial charge < -0.3 is 5.32 Å². The maximum Gasteiger partial charge on any atom is 0.417 e. The van der Waals surface area contributed by atoms with Crippen molar-refractivity contribution in [2.75, 3.05) is 13.6 Å². The Morgan fingerprint density at radius 1 is 1.40 bits per heavy atom. The second-order valence-electron chi connectivity index (χ2n) is 2.76. The maximum atomic E-state index is 12.1. The Kier molecular flexibility index (Phi) is 3.69. The summed E-state index contributed by atoms with van der Waals surface area (Å²) in [5.74, 6) is 5.34. The highest BCUT2D eigenvalue weighted by atomic mass is 19.4. The van der Waals surface area contributed by atoms with Crippen LogP contribution in [0.3, 0.4) is 0 Å². The van der Waals surface area contributed by atoms with Crippen LogP contribution in [0.4, 0.5) is 13.2 Å². The first-order valence-electron chi connectivity index (χ1n) is 4.21. The van der Waals surface area contributed by atoms with Crippen molar-refractivity contribution in [1.29, 1.82) is 0 Å². The molecule has 0 spiro atoms. The fourth-order valence-electron chi connectivity index (χ4n) is 0.859. The third-order valence-electron chi connectivity index (χ3n) is 1.57. The van der Waals surface area contributed by atoms with E-state index in [1.54, 1.807) is 7.05 Å². The summed E-state index contributed by atoms with van der Waals surface area (Å²) >= 11 is 0. The minimum atomic E-state index is -4.34. The summed E-state index contributed by atoms with van der Waals surface area (Å²) in [5.41, 5.74) is -0.431. The Bertz CT molecular complexity index is 370. The van der Waals surface area contributed by atoms with Crippen LogP contribution in [0.15, 0.2) is 18.3 Å². The molecule has 0 saturated heterocycles. The molecule has 15 heavy (non-hydrogen) atoms. The van der Waals surface area contributed by atoms with Crippen LogP contribution in [0.2, 0.25) is 0 Å². The molecule has 0 aromatic carbocycles. The average Bonchev–Trinajstić information content (AvgIpc) is 2.18. The van der Waals surface area contributed by atoms with Crippen molar-refractivity contribution < 1.29 is 13.2 Å². The van der Waals surface area contributed by atoms with E-state index in [9.17, 15) is 13.2 Å². The first-order valence-corrected chi connectivity index (χ1v) is 4.21. The maximum absolute atomic E-state index is 12.1. The summed E-state index contributed by atoms with van der Waals surface area (Å²) < 4.78 is 36.4. The van der Waals surface area contributed by atoms with Crippen LogP contribution in [0, 0.1) is 11.8 Å². The molecule has 2 nitrogen and oxygen atoms in total. The smallest absolute Gasteiger partial charge is 0.309 e. The molecule has 0 aliphatic carbocycles. The minimum absolute atomic E-state index is 0.332. The topological polar surface area (TPSA) is 24.9 Å². The molecule has 1 heterocycles. The highest BCUT2D eigenvalue weighted by Crippen LogP contribution is 2.28. The lowest BCUT2D eigenvalue weighted by atomic mass is 10.2. The molecule has 0 aliphatic rings. The summed E-state index contributed by atoms with van der Waals surface area (Å²) in [5, 5.41) is 2.79. The quantitative estimate of drug-likeness (QED) is 0.719. The number of rotatable bonds is 1. The Hall–Kier alpha value is -1.54. The van der Waals surface area contributed by atoms with Crippen molar-refractivity contribution in [2.24, 2.45) is 0 Å². The van der Waals surface area contributed by atoms with Gasteiger partial charge in [0, 0.05) is 6.20 Å². The standard InChI is InChI=1S/C10H9F3N2/c1-14-6-2-3-9-5-4-8(7-15-9)10(11,12)13/h4-5,7,14H,6H2,1H3. The van der Waals surface area contributed by atoms with Crippen molar-refractivity contribution >= 4 is 0 Å². The molecule has 1 rings (SSSR count). The molecule has 1 aromatic rings. The van der Waals surface area contributed by atoms with Crippen LogP contribution in [0.1, 0.15) is 11.3 Å². The Labute approximate surface area is 85.5 Å². The highest BCUT2D eigenvalue weighted by molar-refractivity contribution is 5.30. The molecule has 1 N–H and O–H groups in total. The van der Waals surface area contributed by atoms with Gasteiger partial charge in [-0.25, -0.2) is 4.98 Å². The minimum Gasteiger partial charge on any atom is -0.309 e. The van der Waals surface area contributed by atoms with Crippen LogP contribution < -0.4 is 5.32 Å². The molecular weight excluding hydrogens is 205 g/mol. The third kappa shape index (κ3) is 3.60. The molecule has 80 valence electrons. The number of hydrogen-bond donors (Lipinski definition) is 1. The zero-order valence-electron chi connectivity index (χ0n) is 8.02. The van der Waals surface area contributed by atoms with Crippen molar-refractivity contribution in [1.82, 2.24) is 10.3 Å². The van der Waals surface area contributed by atoms with Gasteiger partial charge in [-0.15, -0.1) is 0 Å². The van der Waals surface area contributed by atoms with Crippen molar-refractivity contribution in [2.45, 2.75) is 6.18 Å². The van der Waals surface area contributed by atoms with E-state index < -0.39 is 11.7 Å². The lowest BCUT2D eigenvalue weighted by Crippen LogP contribution is -2.06. The molecule has 0 fully saturated rings. The summed E-state index contributed by atoms with van der Waals surface area (Å²) in [6, 6.07) is 2.22. The predicted octanol–water partition coefficient (Wildman–Crippen LogP) is 1.67. The van der Waals surface area contributed by atoms with Gasteiger partial charge in [0.25, 0.3) is 0 Å². The Morgan fingerprint density at radius 2 is 2.13 bits per heavy atom. The Balaban J connectivity index is 2.79. The normalized spacial score (nSPS) is 10.7. The van der Waals surface area contributed by atoms with Gasteiger partial charge in [-0.1, -0.05) is 5.92 Å². The van der Waals surface area contributed by atoms with Gasteiger partial charge in [-0.3, -0.25) is 0 Å². The second-order valence-corrected chi connectivity index (χ2v) is 2.76. The van der Waals surface area contributed by atoms with E-state index in [0.717, 1.165) is 12.3 Å². The molecule has 0 unspecified atom stereocenters. The number of nitrogens with one attached hydrogen (secondary N) is 1. The fraction of sp³-hybridized carbons (Fsp3) is 0.300. The number of halogens is 3. The van der Waals surface area contributed by atoms with Gasteiger partial charge in [0.15, 0.2) is 0 Å². The number of nitrogens with zero attached hydrogens (tertiary/aromatic N) is 1.